The van der Waals surface area contributed by atoms with Crippen LogP contribution in [0.2, 0.25) is 0 Å². The Morgan fingerprint density at radius 3 is 1.48 bits per heavy atom. The number of rotatable bonds is 10. The summed E-state index contributed by atoms with van der Waals surface area (Å²) < 4.78 is 17.6. The standard InChI is InChI=1S/C22H26O3/c1-5-18-8-12-20(13-9-18)24-16-22(7-3,23-4)17-25-21-14-10-19(6-2)11-15-21/h5-6,8-15H,1-2,7,16-17H2,3-4H3. The number of methoxy groups -OCH3 is 1. The monoisotopic (exact) mass is 338 g/mol. The first-order valence-corrected chi connectivity index (χ1v) is 8.40. The van der Waals surface area contributed by atoms with E-state index in [2.05, 4.69) is 20.1 Å². The van der Waals surface area contributed by atoms with E-state index in [9.17, 15) is 0 Å². The lowest BCUT2D eigenvalue weighted by molar-refractivity contribution is -0.0745. The highest BCUT2D eigenvalue weighted by molar-refractivity contribution is 5.48. The molecule has 2 rings (SSSR count). The summed E-state index contributed by atoms with van der Waals surface area (Å²) in [7, 11) is 1.69. The van der Waals surface area contributed by atoms with Crippen molar-refractivity contribution < 1.29 is 14.2 Å². The zero-order valence-electron chi connectivity index (χ0n) is 15.0. The molecule has 0 N–H and O–H groups in total. The van der Waals surface area contributed by atoms with E-state index in [1.807, 2.05) is 48.5 Å². The largest absolute Gasteiger partial charge is 0.490 e. The third-order valence-electron chi connectivity index (χ3n) is 4.31. The first-order valence-electron chi connectivity index (χ1n) is 8.40. The van der Waals surface area contributed by atoms with Crippen LogP contribution in [0.4, 0.5) is 0 Å². The highest BCUT2D eigenvalue weighted by Crippen LogP contribution is 2.22. The molecule has 0 aliphatic rings. The van der Waals surface area contributed by atoms with Crippen LogP contribution in [-0.4, -0.2) is 25.9 Å². The van der Waals surface area contributed by atoms with Crippen LogP contribution in [0.5, 0.6) is 11.5 Å². The molecule has 0 spiro atoms. The molecule has 0 amide bonds. The summed E-state index contributed by atoms with van der Waals surface area (Å²) in [5, 5.41) is 0. The summed E-state index contributed by atoms with van der Waals surface area (Å²) in [6, 6.07) is 15.6. The molecule has 0 saturated heterocycles. The minimum atomic E-state index is -0.506. The molecular weight excluding hydrogens is 312 g/mol. The van der Waals surface area contributed by atoms with Crippen LogP contribution >= 0.6 is 0 Å². The Balaban J connectivity index is 1.97. The molecule has 3 heteroatoms. The molecule has 0 heterocycles. The van der Waals surface area contributed by atoms with E-state index in [0.29, 0.717) is 13.2 Å². The van der Waals surface area contributed by atoms with Gasteiger partial charge in [0, 0.05) is 7.11 Å². The summed E-state index contributed by atoms with van der Waals surface area (Å²) in [5.41, 5.74) is 1.62. The minimum Gasteiger partial charge on any atom is -0.490 e. The quantitative estimate of drug-likeness (QED) is 0.594. The van der Waals surface area contributed by atoms with Crippen molar-refractivity contribution in [2.75, 3.05) is 20.3 Å². The molecule has 2 aromatic carbocycles. The Morgan fingerprint density at radius 1 is 0.800 bits per heavy atom. The Morgan fingerprint density at radius 2 is 1.20 bits per heavy atom. The van der Waals surface area contributed by atoms with E-state index in [1.54, 1.807) is 19.3 Å². The number of benzene rings is 2. The van der Waals surface area contributed by atoms with E-state index >= 15 is 0 Å². The number of hydrogen-bond acceptors (Lipinski definition) is 3. The number of hydrogen-bond donors (Lipinski definition) is 0. The van der Waals surface area contributed by atoms with Crippen LogP contribution in [0.15, 0.2) is 61.7 Å². The summed E-state index contributed by atoms with van der Waals surface area (Å²) >= 11 is 0. The molecule has 0 unspecified atom stereocenters. The molecule has 0 atom stereocenters. The molecule has 132 valence electrons. The Bertz CT molecular complexity index is 610. The van der Waals surface area contributed by atoms with Crippen molar-refractivity contribution in [2.45, 2.75) is 18.9 Å². The average Bonchev–Trinajstić information content (AvgIpc) is 2.69. The van der Waals surface area contributed by atoms with Gasteiger partial charge in [0.25, 0.3) is 0 Å². The molecule has 0 saturated carbocycles. The number of ether oxygens (including phenoxy) is 3. The van der Waals surface area contributed by atoms with Gasteiger partial charge in [0.1, 0.15) is 30.3 Å². The lowest BCUT2D eigenvalue weighted by Crippen LogP contribution is -2.43. The Hall–Kier alpha value is -2.52. The van der Waals surface area contributed by atoms with Crippen LogP contribution in [0, 0.1) is 0 Å². The summed E-state index contributed by atoms with van der Waals surface area (Å²) in [5.74, 6) is 1.60. The highest BCUT2D eigenvalue weighted by atomic mass is 16.6. The zero-order valence-corrected chi connectivity index (χ0v) is 15.0. The third kappa shape index (κ3) is 5.23. The van der Waals surface area contributed by atoms with E-state index in [4.69, 9.17) is 14.2 Å². The van der Waals surface area contributed by atoms with Crippen molar-refractivity contribution in [3.8, 4) is 11.5 Å². The van der Waals surface area contributed by atoms with Crippen LogP contribution < -0.4 is 9.47 Å². The summed E-state index contributed by atoms with van der Waals surface area (Å²) in [6.45, 7) is 10.4. The van der Waals surface area contributed by atoms with Gasteiger partial charge >= 0.3 is 0 Å². The second kappa shape index (κ2) is 9.09. The predicted molar refractivity (Wildman–Crippen MR) is 104 cm³/mol. The third-order valence-corrected chi connectivity index (χ3v) is 4.31. The van der Waals surface area contributed by atoms with Gasteiger partial charge < -0.3 is 14.2 Å². The van der Waals surface area contributed by atoms with Crippen molar-refractivity contribution in [3.05, 3.63) is 72.8 Å². The average molecular weight is 338 g/mol. The van der Waals surface area contributed by atoms with Crippen LogP contribution in [-0.2, 0) is 4.74 Å². The van der Waals surface area contributed by atoms with Crippen molar-refractivity contribution in [3.63, 3.8) is 0 Å². The van der Waals surface area contributed by atoms with Gasteiger partial charge in [-0.2, -0.15) is 0 Å². The summed E-state index contributed by atoms with van der Waals surface area (Å²) in [6.07, 6.45) is 4.39. The van der Waals surface area contributed by atoms with E-state index in [0.717, 1.165) is 29.0 Å². The highest BCUT2D eigenvalue weighted by Gasteiger charge is 2.30. The molecule has 0 bridgehead atoms. The van der Waals surface area contributed by atoms with Gasteiger partial charge in [-0.25, -0.2) is 0 Å². The fourth-order valence-electron chi connectivity index (χ4n) is 2.34. The normalized spacial score (nSPS) is 11.0. The first-order chi connectivity index (χ1) is 12.1. The topological polar surface area (TPSA) is 27.7 Å². The van der Waals surface area contributed by atoms with Gasteiger partial charge in [-0.15, -0.1) is 0 Å². The zero-order chi connectivity index (χ0) is 18.1. The van der Waals surface area contributed by atoms with Crippen LogP contribution in [0.3, 0.4) is 0 Å². The maximum Gasteiger partial charge on any atom is 0.135 e. The van der Waals surface area contributed by atoms with Gasteiger partial charge in [-0.05, 0) is 41.8 Å². The lowest BCUT2D eigenvalue weighted by Gasteiger charge is -2.31. The van der Waals surface area contributed by atoms with Gasteiger partial charge in [-0.1, -0.05) is 56.5 Å². The van der Waals surface area contributed by atoms with Crippen LogP contribution in [0.25, 0.3) is 12.2 Å². The summed E-state index contributed by atoms with van der Waals surface area (Å²) in [4.78, 5) is 0. The molecule has 25 heavy (non-hydrogen) atoms. The fraction of sp³-hybridized carbons (Fsp3) is 0.273. The molecule has 0 fully saturated rings. The Labute approximate surface area is 150 Å². The van der Waals surface area contributed by atoms with Gasteiger partial charge in [0.05, 0.1) is 0 Å². The lowest BCUT2D eigenvalue weighted by atomic mass is 10.0. The van der Waals surface area contributed by atoms with Crippen LogP contribution in [0.1, 0.15) is 24.5 Å². The van der Waals surface area contributed by atoms with Crippen molar-refractivity contribution in [1.82, 2.24) is 0 Å². The maximum atomic E-state index is 5.93. The predicted octanol–water partition coefficient (Wildman–Crippen LogP) is 5.23. The van der Waals surface area contributed by atoms with E-state index in [-0.39, 0.29) is 0 Å². The smallest absolute Gasteiger partial charge is 0.135 e. The molecule has 3 nitrogen and oxygen atoms in total. The van der Waals surface area contributed by atoms with Crippen molar-refractivity contribution >= 4 is 12.2 Å². The van der Waals surface area contributed by atoms with Gasteiger partial charge in [0.15, 0.2) is 0 Å². The van der Waals surface area contributed by atoms with Crippen molar-refractivity contribution in [1.29, 1.82) is 0 Å². The van der Waals surface area contributed by atoms with Gasteiger partial charge in [-0.3, -0.25) is 0 Å². The molecule has 0 aromatic heterocycles. The van der Waals surface area contributed by atoms with E-state index < -0.39 is 5.60 Å². The minimum absolute atomic E-state index is 0.415. The molecule has 2 aromatic rings. The molecule has 0 aliphatic heterocycles. The SMILES string of the molecule is C=Cc1ccc(OCC(CC)(COc2ccc(C=C)cc2)OC)cc1. The molecule has 0 radical (unpaired) electrons. The van der Waals surface area contributed by atoms with Crippen molar-refractivity contribution in [2.24, 2.45) is 0 Å². The fourth-order valence-corrected chi connectivity index (χ4v) is 2.34. The maximum absolute atomic E-state index is 5.93. The first kappa shape index (κ1) is 18.8. The molecule has 0 aliphatic carbocycles. The second-order valence-electron chi connectivity index (χ2n) is 5.86. The second-order valence-corrected chi connectivity index (χ2v) is 5.86. The molecular formula is C22H26O3. The Kier molecular flexibility index (Phi) is 6.84. The van der Waals surface area contributed by atoms with Gasteiger partial charge in [0.2, 0.25) is 0 Å². The van der Waals surface area contributed by atoms with E-state index in [1.165, 1.54) is 0 Å².